The number of hydrogen-bond donors (Lipinski definition) is 3. The minimum atomic E-state index is -1.81. The lowest BCUT2D eigenvalue weighted by Crippen LogP contribution is -2.62. The van der Waals surface area contributed by atoms with Crippen LogP contribution in [-0.4, -0.2) is 45.1 Å². The van der Waals surface area contributed by atoms with Crippen LogP contribution in [0, 0.1) is 34.5 Å². The highest BCUT2D eigenvalue weighted by atomic mass is 16.4. The van der Waals surface area contributed by atoms with Gasteiger partial charge < -0.3 is 20.1 Å². The van der Waals surface area contributed by atoms with Gasteiger partial charge in [0.2, 0.25) is 0 Å². The highest BCUT2D eigenvalue weighted by Gasteiger charge is 2.69. The molecule has 27 heavy (non-hydrogen) atoms. The highest BCUT2D eigenvalue weighted by Crippen LogP contribution is 2.67. The first kappa shape index (κ1) is 18.8. The number of allylic oxidation sites excluding steroid dienone is 1. The second kappa shape index (κ2) is 5.74. The topological polar surface area (TPSA) is 112 Å². The predicted molar refractivity (Wildman–Crippen MR) is 95.6 cm³/mol. The minimum Gasteiger partial charge on any atom is -0.479 e. The van der Waals surface area contributed by atoms with Crippen LogP contribution in [0.3, 0.4) is 0 Å². The van der Waals surface area contributed by atoms with E-state index in [4.69, 9.17) is 0 Å². The summed E-state index contributed by atoms with van der Waals surface area (Å²) in [7, 11) is 0. The number of carboxylic acids is 1. The van der Waals surface area contributed by atoms with E-state index >= 15 is 0 Å². The van der Waals surface area contributed by atoms with E-state index in [1.54, 1.807) is 6.08 Å². The van der Waals surface area contributed by atoms with Gasteiger partial charge in [-0.1, -0.05) is 19.4 Å². The molecule has 0 spiro atoms. The normalized spacial score (nSPS) is 51.6. The van der Waals surface area contributed by atoms with E-state index in [0.717, 1.165) is 18.4 Å². The number of aliphatic carboxylic acids is 1. The monoisotopic (exact) mass is 376 g/mol. The number of fused-ring (bicyclic) bond motifs is 5. The number of carbonyl (C=O) groups excluding carboxylic acids is 2. The Morgan fingerprint density at radius 3 is 2.59 bits per heavy atom. The summed E-state index contributed by atoms with van der Waals surface area (Å²) < 4.78 is 0. The van der Waals surface area contributed by atoms with Crippen LogP contribution in [0.25, 0.3) is 0 Å². The van der Waals surface area contributed by atoms with Gasteiger partial charge in [0, 0.05) is 5.41 Å². The summed E-state index contributed by atoms with van der Waals surface area (Å²) in [6.07, 6.45) is 4.51. The van der Waals surface area contributed by atoms with Gasteiger partial charge in [-0.25, -0.2) is 4.79 Å². The van der Waals surface area contributed by atoms with E-state index in [1.807, 2.05) is 13.8 Å². The first-order valence-electron chi connectivity index (χ1n) is 9.92. The smallest absolute Gasteiger partial charge is 0.336 e. The molecule has 0 aromatic rings. The number of aliphatic hydroxyl groups is 2. The van der Waals surface area contributed by atoms with Crippen molar-refractivity contribution in [2.75, 3.05) is 0 Å². The summed E-state index contributed by atoms with van der Waals surface area (Å²) in [5.41, 5.74) is -2.10. The minimum absolute atomic E-state index is 0.0117. The van der Waals surface area contributed by atoms with Crippen molar-refractivity contribution in [1.82, 2.24) is 0 Å². The molecule has 0 aromatic carbocycles. The zero-order valence-electron chi connectivity index (χ0n) is 15.9. The van der Waals surface area contributed by atoms with Gasteiger partial charge in [0.15, 0.2) is 11.4 Å². The number of hydrogen-bond acceptors (Lipinski definition) is 5. The van der Waals surface area contributed by atoms with Crippen molar-refractivity contribution in [1.29, 1.82) is 0 Å². The van der Waals surface area contributed by atoms with Crippen LogP contribution in [-0.2, 0) is 14.4 Å². The number of rotatable bonds is 2. The fourth-order valence-corrected chi connectivity index (χ4v) is 7.29. The maximum atomic E-state index is 12.2. The quantitative estimate of drug-likeness (QED) is 0.500. The van der Waals surface area contributed by atoms with Crippen LogP contribution in [0.1, 0.15) is 52.4 Å². The Morgan fingerprint density at radius 1 is 1.26 bits per heavy atom. The zero-order valence-corrected chi connectivity index (χ0v) is 15.9. The molecule has 4 rings (SSSR count). The van der Waals surface area contributed by atoms with Crippen molar-refractivity contribution >= 4 is 18.0 Å². The number of aliphatic hydroxyl groups excluding tert-OH is 1. The molecule has 0 amide bonds. The van der Waals surface area contributed by atoms with E-state index in [9.17, 15) is 29.7 Å². The van der Waals surface area contributed by atoms with Gasteiger partial charge in [0.1, 0.15) is 6.29 Å². The maximum Gasteiger partial charge on any atom is 0.336 e. The number of aldehydes is 1. The molecule has 0 radical (unpaired) electrons. The van der Waals surface area contributed by atoms with Crippen LogP contribution in [0.15, 0.2) is 11.6 Å². The Kier molecular flexibility index (Phi) is 4.00. The first-order chi connectivity index (χ1) is 12.6. The molecule has 0 heterocycles. The Hall–Kier alpha value is -1.53. The average molecular weight is 376 g/mol. The molecule has 0 aliphatic heterocycles. The molecule has 3 N–H and O–H groups in total. The third-order valence-corrected chi connectivity index (χ3v) is 8.67. The van der Waals surface area contributed by atoms with Crippen molar-refractivity contribution in [3.8, 4) is 0 Å². The molecular formula is C21H28O6. The Labute approximate surface area is 158 Å². The molecule has 0 saturated heterocycles. The molecule has 0 bridgehead atoms. The average Bonchev–Trinajstić information content (AvgIpc) is 2.87. The largest absolute Gasteiger partial charge is 0.479 e. The second-order valence-electron chi connectivity index (χ2n) is 9.66. The van der Waals surface area contributed by atoms with Gasteiger partial charge in [-0.3, -0.25) is 4.79 Å². The Balaban J connectivity index is 1.76. The van der Waals surface area contributed by atoms with E-state index in [0.29, 0.717) is 19.1 Å². The van der Waals surface area contributed by atoms with Gasteiger partial charge in [-0.05, 0) is 67.8 Å². The highest BCUT2D eigenvalue weighted by molar-refractivity contribution is 6.02. The van der Waals surface area contributed by atoms with Crippen molar-refractivity contribution in [3.63, 3.8) is 0 Å². The summed E-state index contributed by atoms with van der Waals surface area (Å²) in [4.78, 5) is 35.4. The van der Waals surface area contributed by atoms with Crippen molar-refractivity contribution in [2.24, 2.45) is 34.5 Å². The van der Waals surface area contributed by atoms with E-state index in [-0.39, 0.29) is 36.4 Å². The van der Waals surface area contributed by atoms with Gasteiger partial charge in [-0.2, -0.15) is 0 Å². The zero-order chi connectivity index (χ0) is 19.8. The van der Waals surface area contributed by atoms with Gasteiger partial charge in [0.05, 0.1) is 12.0 Å². The molecular weight excluding hydrogens is 348 g/mol. The predicted octanol–water partition coefficient (Wildman–Crippen LogP) is 1.73. The third-order valence-electron chi connectivity index (χ3n) is 8.67. The molecule has 6 heteroatoms. The van der Waals surface area contributed by atoms with Crippen LogP contribution in [0.4, 0.5) is 0 Å². The summed E-state index contributed by atoms with van der Waals surface area (Å²) in [6.45, 7) is 3.85. The van der Waals surface area contributed by atoms with Crippen LogP contribution in [0.2, 0.25) is 0 Å². The van der Waals surface area contributed by atoms with Crippen molar-refractivity contribution in [2.45, 2.75) is 64.1 Å². The maximum absolute atomic E-state index is 12.2. The van der Waals surface area contributed by atoms with Crippen molar-refractivity contribution in [3.05, 3.63) is 11.6 Å². The van der Waals surface area contributed by atoms with Gasteiger partial charge >= 0.3 is 5.97 Å². The molecule has 4 aliphatic carbocycles. The third kappa shape index (κ3) is 2.23. The first-order valence-corrected chi connectivity index (χ1v) is 9.92. The number of carboxylic acid groups (broad SMARTS) is 1. The van der Waals surface area contributed by atoms with E-state index in [2.05, 4.69) is 0 Å². The molecule has 3 fully saturated rings. The van der Waals surface area contributed by atoms with Crippen LogP contribution in [0.5, 0.6) is 0 Å². The summed E-state index contributed by atoms with van der Waals surface area (Å²) in [5, 5.41) is 31.8. The Bertz CT molecular complexity index is 743. The summed E-state index contributed by atoms with van der Waals surface area (Å²) >= 11 is 0. The molecule has 4 aliphatic rings. The van der Waals surface area contributed by atoms with Crippen LogP contribution >= 0.6 is 0 Å². The molecule has 1 unspecified atom stereocenters. The summed E-state index contributed by atoms with van der Waals surface area (Å²) in [6, 6.07) is 0. The lowest BCUT2D eigenvalue weighted by Gasteiger charge is -2.60. The Morgan fingerprint density at radius 2 is 1.96 bits per heavy atom. The van der Waals surface area contributed by atoms with E-state index < -0.39 is 34.4 Å². The van der Waals surface area contributed by atoms with Crippen LogP contribution < -0.4 is 0 Å². The van der Waals surface area contributed by atoms with Crippen molar-refractivity contribution < 1.29 is 29.7 Å². The second-order valence-corrected chi connectivity index (χ2v) is 9.66. The fraction of sp³-hybridized carbons (Fsp3) is 0.762. The lowest BCUT2D eigenvalue weighted by molar-refractivity contribution is -0.195. The molecule has 0 aromatic heterocycles. The van der Waals surface area contributed by atoms with Gasteiger partial charge in [0.25, 0.3) is 0 Å². The molecule has 8 atom stereocenters. The van der Waals surface area contributed by atoms with E-state index in [1.165, 1.54) is 0 Å². The standard InChI is InChI=1S/C21H28O6/c1-19-8-11(10-22)15(23)7-12(19)3-4-13-14-5-6-21(27,18(25)26)20(14,2)9-16(24)17(13)19/h7,10-11,13-14,16-17,24,27H,3-6,8-9H2,1-2H3,(H,25,26)/t11?,13-,14-,16-,17+,19-,20-,21-/m0/s1. The number of ketones is 1. The molecule has 148 valence electrons. The fourth-order valence-electron chi connectivity index (χ4n) is 7.29. The van der Waals surface area contributed by atoms with Gasteiger partial charge in [-0.15, -0.1) is 0 Å². The molecule has 6 nitrogen and oxygen atoms in total. The number of carbonyl (C=O) groups is 3. The lowest BCUT2D eigenvalue weighted by atomic mass is 9.45. The SMILES string of the molecule is C[C@]12CC(C=O)C(=O)C=C1CC[C@@H]1[C@@H]2[C@@H](O)C[C@@]2(C)[C@H]1CC[C@]2(O)C(=O)O. The summed E-state index contributed by atoms with van der Waals surface area (Å²) in [5.74, 6) is -2.05. The molecule has 3 saturated carbocycles.